The van der Waals surface area contributed by atoms with E-state index in [2.05, 4.69) is 10.3 Å². The normalized spacial score (nSPS) is 21.1. The zero-order valence-electron chi connectivity index (χ0n) is 14.5. The predicted molar refractivity (Wildman–Crippen MR) is 93.0 cm³/mol. The highest BCUT2D eigenvalue weighted by atomic mass is 32.2. The SMILES string of the molecule is Cc1cccn2cc(C(=O)NC3COCC3CS(=O)(=O)N(C)C)nc12. The van der Waals surface area contributed by atoms with Gasteiger partial charge in [0.25, 0.3) is 5.91 Å². The van der Waals surface area contributed by atoms with Crippen LogP contribution in [0, 0.1) is 12.8 Å². The van der Waals surface area contributed by atoms with Crippen molar-refractivity contribution in [2.75, 3.05) is 33.1 Å². The van der Waals surface area contributed by atoms with Gasteiger partial charge in [-0.25, -0.2) is 17.7 Å². The lowest BCUT2D eigenvalue weighted by Crippen LogP contribution is -2.43. The minimum absolute atomic E-state index is 0.0603. The third kappa shape index (κ3) is 3.68. The monoisotopic (exact) mass is 366 g/mol. The number of nitrogens with zero attached hydrogens (tertiary/aromatic N) is 3. The lowest BCUT2D eigenvalue weighted by molar-refractivity contribution is 0.0921. The van der Waals surface area contributed by atoms with Crippen molar-refractivity contribution in [2.45, 2.75) is 13.0 Å². The molecule has 2 unspecified atom stereocenters. The van der Waals surface area contributed by atoms with Crippen LogP contribution < -0.4 is 5.32 Å². The fraction of sp³-hybridized carbons (Fsp3) is 0.500. The first-order chi connectivity index (χ1) is 11.8. The van der Waals surface area contributed by atoms with Gasteiger partial charge in [-0.2, -0.15) is 0 Å². The Kier molecular flexibility index (Phi) is 4.81. The number of imidazole rings is 1. The topological polar surface area (TPSA) is 93.0 Å². The third-order valence-electron chi connectivity index (χ3n) is 4.41. The summed E-state index contributed by atoms with van der Waals surface area (Å²) in [5.41, 5.74) is 2.00. The minimum Gasteiger partial charge on any atom is -0.379 e. The first-order valence-corrected chi connectivity index (χ1v) is 9.62. The Balaban J connectivity index is 1.74. The molecule has 1 saturated heterocycles. The lowest BCUT2D eigenvalue weighted by Gasteiger charge is -2.20. The number of aryl methyl sites for hydroxylation is 1. The molecule has 136 valence electrons. The predicted octanol–water partition coefficient (Wildman–Crippen LogP) is 0.279. The van der Waals surface area contributed by atoms with Crippen LogP contribution in [0.3, 0.4) is 0 Å². The average Bonchev–Trinajstić information content (AvgIpc) is 3.15. The standard InChI is InChI=1S/C16H22N4O4S/c1-11-5-4-6-20-7-13(17-15(11)20)16(21)18-14-9-24-8-12(14)10-25(22,23)19(2)3/h4-7,12,14H,8-10H2,1-3H3,(H,18,21). The van der Waals surface area contributed by atoms with E-state index in [1.165, 1.54) is 18.4 Å². The molecule has 0 saturated carbocycles. The number of aromatic nitrogens is 2. The van der Waals surface area contributed by atoms with Crippen LogP contribution in [0.4, 0.5) is 0 Å². The highest BCUT2D eigenvalue weighted by molar-refractivity contribution is 7.89. The van der Waals surface area contributed by atoms with Crippen LogP contribution >= 0.6 is 0 Å². The number of hydrogen-bond donors (Lipinski definition) is 1. The molecular formula is C16H22N4O4S. The number of carbonyl (C=O) groups is 1. The Hall–Kier alpha value is -1.97. The Bertz CT molecular complexity index is 891. The third-order valence-corrected chi connectivity index (χ3v) is 6.37. The van der Waals surface area contributed by atoms with Crippen molar-refractivity contribution in [3.8, 4) is 0 Å². The molecule has 9 heteroatoms. The van der Waals surface area contributed by atoms with Crippen molar-refractivity contribution in [1.29, 1.82) is 0 Å². The number of hydrogen-bond acceptors (Lipinski definition) is 5. The first kappa shape index (κ1) is 17.8. The summed E-state index contributed by atoms with van der Waals surface area (Å²) in [6, 6.07) is 3.46. The van der Waals surface area contributed by atoms with Gasteiger partial charge in [-0.05, 0) is 18.6 Å². The van der Waals surface area contributed by atoms with Gasteiger partial charge in [-0.15, -0.1) is 0 Å². The summed E-state index contributed by atoms with van der Waals surface area (Å²) in [5, 5.41) is 2.86. The molecule has 3 heterocycles. The number of rotatable bonds is 5. The largest absolute Gasteiger partial charge is 0.379 e. The maximum atomic E-state index is 12.5. The molecule has 1 amide bonds. The molecule has 8 nitrogen and oxygen atoms in total. The van der Waals surface area contributed by atoms with Gasteiger partial charge in [-0.3, -0.25) is 4.79 Å². The second-order valence-electron chi connectivity index (χ2n) is 6.49. The summed E-state index contributed by atoms with van der Waals surface area (Å²) in [7, 11) is -0.363. The zero-order chi connectivity index (χ0) is 18.2. The number of sulfonamides is 1. The van der Waals surface area contributed by atoms with Gasteiger partial charge in [0.15, 0.2) is 0 Å². The molecule has 2 aromatic rings. The maximum absolute atomic E-state index is 12.5. The van der Waals surface area contributed by atoms with Gasteiger partial charge >= 0.3 is 0 Å². The van der Waals surface area contributed by atoms with Crippen LogP contribution in [0.25, 0.3) is 5.65 Å². The second-order valence-corrected chi connectivity index (χ2v) is 8.71. The number of nitrogens with one attached hydrogen (secondary N) is 1. The zero-order valence-corrected chi connectivity index (χ0v) is 15.3. The van der Waals surface area contributed by atoms with Crippen LogP contribution in [-0.4, -0.2) is 67.1 Å². The van der Waals surface area contributed by atoms with Gasteiger partial charge in [0.2, 0.25) is 10.0 Å². The summed E-state index contributed by atoms with van der Waals surface area (Å²) < 4.78 is 32.5. The minimum atomic E-state index is -3.36. The van der Waals surface area contributed by atoms with E-state index < -0.39 is 10.0 Å². The van der Waals surface area contributed by atoms with E-state index in [0.29, 0.717) is 18.9 Å². The maximum Gasteiger partial charge on any atom is 0.271 e. The van der Waals surface area contributed by atoms with Gasteiger partial charge in [0.05, 0.1) is 25.0 Å². The second kappa shape index (κ2) is 6.74. The van der Waals surface area contributed by atoms with E-state index in [4.69, 9.17) is 4.74 Å². The summed E-state index contributed by atoms with van der Waals surface area (Å²) in [4.78, 5) is 16.9. The van der Waals surface area contributed by atoms with Crippen molar-refractivity contribution in [3.05, 3.63) is 35.8 Å². The van der Waals surface area contributed by atoms with E-state index >= 15 is 0 Å². The average molecular weight is 366 g/mol. The molecule has 0 aliphatic carbocycles. The van der Waals surface area contributed by atoms with Gasteiger partial charge in [0, 0.05) is 32.4 Å². The van der Waals surface area contributed by atoms with Gasteiger partial charge in [0.1, 0.15) is 11.3 Å². The highest BCUT2D eigenvalue weighted by Crippen LogP contribution is 2.18. The van der Waals surface area contributed by atoms with Crippen LogP contribution in [0.1, 0.15) is 16.1 Å². The van der Waals surface area contributed by atoms with Crippen molar-refractivity contribution >= 4 is 21.6 Å². The van der Waals surface area contributed by atoms with Crippen LogP contribution in [0.15, 0.2) is 24.5 Å². The molecule has 3 rings (SSSR count). The fourth-order valence-electron chi connectivity index (χ4n) is 2.85. The number of ether oxygens (including phenoxy) is 1. The number of fused-ring (bicyclic) bond motifs is 1. The molecule has 2 atom stereocenters. The summed E-state index contributed by atoms with van der Waals surface area (Å²) in [5.74, 6) is -0.671. The molecule has 0 radical (unpaired) electrons. The number of pyridine rings is 1. The molecule has 0 spiro atoms. The van der Waals surface area contributed by atoms with E-state index in [9.17, 15) is 13.2 Å². The highest BCUT2D eigenvalue weighted by Gasteiger charge is 2.34. The van der Waals surface area contributed by atoms with Crippen molar-refractivity contribution in [2.24, 2.45) is 5.92 Å². The van der Waals surface area contributed by atoms with Gasteiger partial charge in [-0.1, -0.05) is 6.07 Å². The molecule has 0 aromatic carbocycles. The fourth-order valence-corrected chi connectivity index (χ4v) is 4.02. The number of amides is 1. The lowest BCUT2D eigenvalue weighted by atomic mass is 10.1. The van der Waals surface area contributed by atoms with E-state index in [1.54, 1.807) is 10.6 Å². The molecule has 25 heavy (non-hydrogen) atoms. The van der Waals surface area contributed by atoms with Crippen LogP contribution in [0.5, 0.6) is 0 Å². The van der Waals surface area contributed by atoms with Crippen LogP contribution in [-0.2, 0) is 14.8 Å². The smallest absolute Gasteiger partial charge is 0.271 e. The summed E-state index contributed by atoms with van der Waals surface area (Å²) >= 11 is 0. The Morgan fingerprint density at radius 1 is 1.44 bits per heavy atom. The van der Waals surface area contributed by atoms with Crippen molar-refractivity contribution in [1.82, 2.24) is 19.0 Å². The summed E-state index contributed by atoms with van der Waals surface area (Å²) in [6.45, 7) is 2.53. The molecule has 1 N–H and O–H groups in total. The summed E-state index contributed by atoms with van der Waals surface area (Å²) in [6.07, 6.45) is 3.50. The molecular weight excluding hydrogens is 344 g/mol. The quantitative estimate of drug-likeness (QED) is 0.820. The van der Waals surface area contributed by atoms with Gasteiger partial charge < -0.3 is 14.5 Å². The number of carbonyl (C=O) groups excluding carboxylic acids is 1. The first-order valence-electron chi connectivity index (χ1n) is 8.01. The molecule has 1 fully saturated rings. The van der Waals surface area contributed by atoms with Crippen molar-refractivity contribution < 1.29 is 17.9 Å². The van der Waals surface area contributed by atoms with Crippen LogP contribution in [0.2, 0.25) is 0 Å². The van der Waals surface area contributed by atoms with E-state index in [0.717, 1.165) is 11.2 Å². The Morgan fingerprint density at radius 2 is 2.20 bits per heavy atom. The van der Waals surface area contributed by atoms with E-state index in [1.807, 2.05) is 25.3 Å². The molecule has 2 aromatic heterocycles. The molecule has 0 bridgehead atoms. The Labute approximate surface area is 146 Å². The van der Waals surface area contributed by atoms with Crippen molar-refractivity contribution in [3.63, 3.8) is 0 Å². The van der Waals surface area contributed by atoms with E-state index in [-0.39, 0.29) is 23.6 Å². The molecule has 1 aliphatic rings. The Morgan fingerprint density at radius 3 is 2.88 bits per heavy atom. The molecule has 1 aliphatic heterocycles.